The van der Waals surface area contributed by atoms with Crippen LogP contribution < -0.4 is 0 Å². The van der Waals surface area contributed by atoms with Gasteiger partial charge in [-0.2, -0.15) is 0 Å². The highest BCUT2D eigenvalue weighted by Crippen LogP contribution is 2.06. The van der Waals surface area contributed by atoms with E-state index in [2.05, 4.69) is 0 Å². The Morgan fingerprint density at radius 3 is 2.38 bits per heavy atom. The minimum atomic E-state index is -1.21. The Kier molecular flexibility index (Phi) is 2.69. The highest BCUT2D eigenvalue weighted by atomic mass is 16.3. The minimum Gasteiger partial charge on any atom is -0.382 e. The molecule has 0 spiro atoms. The van der Waals surface area contributed by atoms with Gasteiger partial charge in [0.15, 0.2) is 0 Å². The highest BCUT2D eigenvalue weighted by Gasteiger charge is 2.17. The van der Waals surface area contributed by atoms with Crippen molar-refractivity contribution in [1.29, 1.82) is 0 Å². The second kappa shape index (κ2) is 2.82. The largest absolute Gasteiger partial charge is 0.382 e. The molecule has 0 aromatic heterocycles. The molecule has 0 rings (SSSR count). The molecule has 1 atom stereocenters. The molecule has 0 aliphatic heterocycles. The van der Waals surface area contributed by atoms with Crippen LogP contribution in [0.25, 0.3) is 0 Å². The molecule has 1 unspecified atom stereocenters. The summed E-state index contributed by atoms with van der Waals surface area (Å²) in [7, 11) is 0. The maximum absolute atomic E-state index is 9.84. The Bertz CT molecular complexity index is 76.6. The summed E-state index contributed by atoms with van der Waals surface area (Å²) in [6.45, 7) is 3.37. The zero-order valence-corrected chi connectivity index (χ0v) is 5.27. The normalized spacial score (nSPS) is 17.4. The fourth-order valence-electron chi connectivity index (χ4n) is 0.538. The van der Waals surface area contributed by atoms with E-state index in [4.69, 9.17) is 5.11 Å². The average Bonchev–Trinajstić information content (AvgIpc) is 1.67. The molecule has 0 aromatic carbocycles. The minimum absolute atomic E-state index is 0.497. The summed E-state index contributed by atoms with van der Waals surface area (Å²) < 4.78 is 0. The van der Waals surface area contributed by atoms with Gasteiger partial charge in [0.1, 0.15) is 5.60 Å². The number of hydrogen-bond donors (Lipinski definition) is 1. The Morgan fingerprint density at radius 2 is 2.25 bits per heavy atom. The number of rotatable bonds is 3. The maximum Gasteiger partial charge on any atom is 0.232 e. The highest BCUT2D eigenvalue weighted by molar-refractivity contribution is 5.61. The summed E-state index contributed by atoms with van der Waals surface area (Å²) in [5.41, 5.74) is -1.21. The lowest BCUT2D eigenvalue weighted by Gasteiger charge is -2.11. The van der Waals surface area contributed by atoms with Crippen molar-refractivity contribution in [2.45, 2.75) is 32.3 Å². The predicted octanol–water partition coefficient (Wildman–Crippen LogP) is 0.647. The van der Waals surface area contributed by atoms with Crippen molar-refractivity contribution >= 4 is 6.29 Å². The third kappa shape index (κ3) is 2.75. The van der Waals surface area contributed by atoms with Crippen LogP contribution in [0.1, 0.15) is 26.7 Å². The van der Waals surface area contributed by atoms with Crippen LogP contribution >= 0.6 is 0 Å². The first-order chi connectivity index (χ1) is 3.62. The third-order valence-corrected chi connectivity index (χ3v) is 0.957. The zero-order valence-electron chi connectivity index (χ0n) is 5.27. The lowest BCUT2D eigenvalue weighted by atomic mass is 10.0. The van der Waals surface area contributed by atoms with Gasteiger partial charge in [-0.15, -0.1) is 0 Å². The molecule has 2 nitrogen and oxygen atoms in total. The first kappa shape index (κ1) is 7.63. The van der Waals surface area contributed by atoms with Crippen LogP contribution in [0.2, 0.25) is 0 Å². The molecule has 8 heavy (non-hydrogen) atoms. The van der Waals surface area contributed by atoms with Gasteiger partial charge in [-0.05, 0) is 13.3 Å². The van der Waals surface area contributed by atoms with Gasteiger partial charge in [-0.25, -0.2) is 0 Å². The van der Waals surface area contributed by atoms with Gasteiger partial charge in [-0.3, -0.25) is 4.79 Å². The monoisotopic (exact) mass is 115 g/mol. The van der Waals surface area contributed by atoms with Gasteiger partial charge in [0.05, 0.1) is 0 Å². The maximum atomic E-state index is 9.84. The summed E-state index contributed by atoms with van der Waals surface area (Å²) in [4.78, 5) is 9.84. The van der Waals surface area contributed by atoms with E-state index in [1.165, 1.54) is 6.92 Å². The molecule has 0 heterocycles. The van der Waals surface area contributed by atoms with Gasteiger partial charge in [0.25, 0.3) is 0 Å². The standard InChI is InChI=1S/C6H11O2/c1-3-4-6(2,8)5-7/h8H,3-4H2,1-2H3. The second-order valence-corrected chi connectivity index (χ2v) is 2.13. The van der Waals surface area contributed by atoms with Crippen molar-refractivity contribution in [1.82, 2.24) is 0 Å². The molecule has 0 aromatic rings. The topological polar surface area (TPSA) is 37.3 Å². The van der Waals surface area contributed by atoms with Crippen molar-refractivity contribution in [2.75, 3.05) is 0 Å². The van der Waals surface area contributed by atoms with Crippen molar-refractivity contribution < 1.29 is 9.90 Å². The summed E-state index contributed by atoms with van der Waals surface area (Å²) in [5, 5.41) is 8.90. The smallest absolute Gasteiger partial charge is 0.232 e. The van der Waals surface area contributed by atoms with Crippen LogP contribution in [0.15, 0.2) is 0 Å². The Hall–Kier alpha value is -0.370. The lowest BCUT2D eigenvalue weighted by molar-refractivity contribution is 0.117. The molecular formula is C6H11O2. The van der Waals surface area contributed by atoms with Crippen LogP contribution in [0.3, 0.4) is 0 Å². The average molecular weight is 115 g/mol. The van der Waals surface area contributed by atoms with Gasteiger partial charge in [0, 0.05) is 0 Å². The number of aliphatic hydroxyl groups is 1. The van der Waals surface area contributed by atoms with Crippen LogP contribution in [0.5, 0.6) is 0 Å². The third-order valence-electron chi connectivity index (χ3n) is 0.957. The van der Waals surface area contributed by atoms with E-state index >= 15 is 0 Å². The lowest BCUT2D eigenvalue weighted by Crippen LogP contribution is -2.24. The van der Waals surface area contributed by atoms with Crippen molar-refractivity contribution in [3.63, 3.8) is 0 Å². The van der Waals surface area contributed by atoms with Gasteiger partial charge in [-0.1, -0.05) is 13.3 Å². The molecule has 0 bridgehead atoms. The number of hydrogen-bond acceptors (Lipinski definition) is 2. The fraction of sp³-hybridized carbons (Fsp3) is 0.833. The summed E-state index contributed by atoms with van der Waals surface area (Å²) in [5.74, 6) is 0. The van der Waals surface area contributed by atoms with E-state index in [1.807, 2.05) is 6.92 Å². The van der Waals surface area contributed by atoms with E-state index in [1.54, 1.807) is 6.29 Å². The molecule has 2 heteroatoms. The molecule has 1 radical (unpaired) electrons. The SMILES string of the molecule is CCCC(C)(O)[C]=O. The summed E-state index contributed by atoms with van der Waals surface area (Å²) in [6.07, 6.45) is 2.85. The van der Waals surface area contributed by atoms with Crippen LogP contribution in [-0.2, 0) is 4.79 Å². The Labute approximate surface area is 49.5 Å². The molecule has 1 N–H and O–H groups in total. The molecule has 0 saturated carbocycles. The van der Waals surface area contributed by atoms with E-state index in [9.17, 15) is 4.79 Å². The molecular weight excluding hydrogens is 104 g/mol. The van der Waals surface area contributed by atoms with Crippen LogP contribution in [0, 0.1) is 0 Å². The van der Waals surface area contributed by atoms with Gasteiger partial charge < -0.3 is 5.11 Å². The molecule has 47 valence electrons. The first-order valence-electron chi connectivity index (χ1n) is 2.74. The molecule has 0 aliphatic rings. The fourth-order valence-corrected chi connectivity index (χ4v) is 0.538. The van der Waals surface area contributed by atoms with E-state index in [-0.39, 0.29) is 0 Å². The first-order valence-corrected chi connectivity index (χ1v) is 2.74. The van der Waals surface area contributed by atoms with E-state index < -0.39 is 5.60 Å². The summed E-state index contributed by atoms with van der Waals surface area (Å²) >= 11 is 0. The second-order valence-electron chi connectivity index (χ2n) is 2.13. The van der Waals surface area contributed by atoms with Crippen molar-refractivity contribution in [2.24, 2.45) is 0 Å². The van der Waals surface area contributed by atoms with Crippen molar-refractivity contribution in [3.05, 3.63) is 0 Å². The van der Waals surface area contributed by atoms with E-state index in [0.29, 0.717) is 6.42 Å². The van der Waals surface area contributed by atoms with Crippen LogP contribution in [-0.4, -0.2) is 17.0 Å². The Balaban J connectivity index is 3.53. The Morgan fingerprint density at radius 1 is 1.75 bits per heavy atom. The summed E-state index contributed by atoms with van der Waals surface area (Å²) in [6, 6.07) is 0. The van der Waals surface area contributed by atoms with Crippen LogP contribution in [0.4, 0.5) is 0 Å². The molecule has 0 fully saturated rings. The molecule has 0 saturated heterocycles. The molecule has 0 aliphatic carbocycles. The molecule has 0 amide bonds. The van der Waals surface area contributed by atoms with Gasteiger partial charge >= 0.3 is 0 Å². The number of carbonyl (C=O) groups excluding carboxylic acids is 1. The zero-order chi connectivity index (χ0) is 6.62. The predicted molar refractivity (Wildman–Crippen MR) is 31.2 cm³/mol. The van der Waals surface area contributed by atoms with Crippen molar-refractivity contribution in [3.8, 4) is 0 Å². The van der Waals surface area contributed by atoms with E-state index in [0.717, 1.165) is 6.42 Å². The quantitative estimate of drug-likeness (QED) is 0.586. The van der Waals surface area contributed by atoms with Gasteiger partial charge in [0.2, 0.25) is 6.29 Å².